The molecule has 0 aliphatic carbocycles. The molecule has 10 rings (SSSR count). The Bertz CT molecular complexity index is 3210. The van der Waals surface area contributed by atoms with E-state index in [1.54, 1.807) is 0 Å². The third-order valence-corrected chi connectivity index (χ3v) is 12.3. The van der Waals surface area contributed by atoms with Crippen molar-refractivity contribution in [3.8, 4) is 22.3 Å². The van der Waals surface area contributed by atoms with Crippen molar-refractivity contribution in [2.45, 2.75) is 27.2 Å². The van der Waals surface area contributed by atoms with Crippen LogP contribution in [-0.2, 0) is 0 Å². The Morgan fingerprint density at radius 1 is 0.467 bits per heavy atom. The first-order valence-electron chi connectivity index (χ1n) is 21.1. The molecule has 288 valence electrons. The molecule has 60 heavy (non-hydrogen) atoms. The van der Waals surface area contributed by atoms with E-state index in [2.05, 4.69) is 232 Å². The van der Waals surface area contributed by atoms with E-state index in [4.69, 9.17) is 4.99 Å². The van der Waals surface area contributed by atoms with Gasteiger partial charge in [-0.15, -0.1) is 0 Å². The zero-order valence-electron chi connectivity index (χ0n) is 34.3. The van der Waals surface area contributed by atoms with E-state index < -0.39 is 0 Å². The average molecular weight is 771 g/mol. The first-order chi connectivity index (χ1) is 29.6. The van der Waals surface area contributed by atoms with Crippen molar-refractivity contribution in [3.05, 3.63) is 217 Å². The molecule has 0 amide bonds. The molecule has 10 aromatic carbocycles. The molecule has 1 unspecified atom stereocenters. The number of hydrogen-bond acceptors (Lipinski definition) is 2. The molecule has 0 saturated heterocycles. The largest absolute Gasteiger partial charge is 0.310 e. The Morgan fingerprint density at radius 3 is 1.83 bits per heavy atom. The highest BCUT2D eigenvalue weighted by Crippen LogP contribution is 2.47. The second-order valence-corrected chi connectivity index (χ2v) is 15.9. The van der Waals surface area contributed by atoms with Crippen molar-refractivity contribution in [2.75, 3.05) is 4.90 Å². The van der Waals surface area contributed by atoms with Crippen molar-refractivity contribution < 1.29 is 0 Å². The van der Waals surface area contributed by atoms with E-state index >= 15 is 0 Å². The van der Waals surface area contributed by atoms with Gasteiger partial charge in [-0.05, 0) is 115 Å². The van der Waals surface area contributed by atoms with Crippen LogP contribution in [0.5, 0.6) is 0 Å². The summed E-state index contributed by atoms with van der Waals surface area (Å²) in [5.41, 5.74) is 12.6. The van der Waals surface area contributed by atoms with Gasteiger partial charge in [0.1, 0.15) is 0 Å². The number of anilines is 3. The van der Waals surface area contributed by atoms with Crippen LogP contribution in [-0.4, -0.2) is 5.71 Å². The maximum Gasteiger partial charge on any atom is 0.0761 e. The highest BCUT2D eigenvalue weighted by Gasteiger charge is 2.23. The zero-order valence-corrected chi connectivity index (χ0v) is 34.3. The van der Waals surface area contributed by atoms with Crippen LogP contribution in [0.3, 0.4) is 0 Å². The van der Waals surface area contributed by atoms with Crippen LogP contribution in [0, 0.1) is 12.8 Å². The molecule has 0 heterocycles. The van der Waals surface area contributed by atoms with Gasteiger partial charge in [0.05, 0.1) is 22.8 Å². The monoisotopic (exact) mass is 770 g/mol. The third-order valence-electron chi connectivity index (χ3n) is 12.3. The van der Waals surface area contributed by atoms with E-state index in [0.29, 0.717) is 0 Å². The van der Waals surface area contributed by atoms with Crippen molar-refractivity contribution in [2.24, 2.45) is 10.9 Å². The smallest absolute Gasteiger partial charge is 0.0761 e. The van der Waals surface area contributed by atoms with Gasteiger partial charge in [-0.1, -0.05) is 190 Å². The van der Waals surface area contributed by atoms with Gasteiger partial charge < -0.3 is 4.90 Å². The fourth-order valence-electron chi connectivity index (χ4n) is 8.94. The molecule has 2 nitrogen and oxygen atoms in total. The Labute approximate surface area is 352 Å². The van der Waals surface area contributed by atoms with Crippen LogP contribution >= 0.6 is 0 Å². The Balaban J connectivity index is 1.22. The summed E-state index contributed by atoms with van der Waals surface area (Å²) in [5, 5.41) is 9.66. The van der Waals surface area contributed by atoms with Crippen molar-refractivity contribution in [1.29, 1.82) is 0 Å². The summed E-state index contributed by atoms with van der Waals surface area (Å²) in [6.45, 7) is 6.82. The number of nitrogens with zero attached hydrogens (tertiary/aromatic N) is 2. The molecule has 0 radical (unpaired) electrons. The minimum absolute atomic E-state index is 0.250. The van der Waals surface area contributed by atoms with Crippen molar-refractivity contribution in [1.82, 2.24) is 0 Å². The fraction of sp³-hybridized carbons (Fsp3) is 0.0862. The van der Waals surface area contributed by atoms with Gasteiger partial charge in [-0.2, -0.15) is 0 Å². The predicted molar refractivity (Wildman–Crippen MR) is 259 cm³/mol. The number of fused-ring (bicyclic) bond motifs is 4. The Hall–Kier alpha value is -7.29. The molecule has 0 spiro atoms. The van der Waals surface area contributed by atoms with Crippen molar-refractivity contribution in [3.63, 3.8) is 0 Å². The topological polar surface area (TPSA) is 15.6 Å². The van der Waals surface area contributed by atoms with Crippen LogP contribution in [0.1, 0.15) is 31.4 Å². The molecular formula is C58H46N2. The lowest BCUT2D eigenvalue weighted by Crippen LogP contribution is -2.14. The van der Waals surface area contributed by atoms with Crippen LogP contribution in [0.15, 0.2) is 211 Å². The van der Waals surface area contributed by atoms with Gasteiger partial charge in [0.15, 0.2) is 0 Å². The van der Waals surface area contributed by atoms with E-state index in [-0.39, 0.29) is 5.92 Å². The third kappa shape index (κ3) is 6.70. The van der Waals surface area contributed by atoms with Crippen LogP contribution in [0.4, 0.5) is 22.7 Å². The summed E-state index contributed by atoms with van der Waals surface area (Å²) >= 11 is 0. The summed E-state index contributed by atoms with van der Waals surface area (Å²) in [6, 6.07) is 75.0. The van der Waals surface area contributed by atoms with Gasteiger partial charge in [-0.25, -0.2) is 0 Å². The molecule has 1 atom stereocenters. The maximum atomic E-state index is 5.75. The average Bonchev–Trinajstić information content (AvgIpc) is 3.31. The summed E-state index contributed by atoms with van der Waals surface area (Å²) in [7, 11) is 0. The number of benzene rings is 10. The van der Waals surface area contributed by atoms with Gasteiger partial charge in [0.25, 0.3) is 0 Å². The second kappa shape index (κ2) is 15.8. The number of aliphatic imine (C=N–C) groups is 1. The molecule has 0 aliphatic heterocycles. The van der Waals surface area contributed by atoms with Crippen LogP contribution < -0.4 is 4.90 Å². The van der Waals surface area contributed by atoms with Crippen LogP contribution in [0.2, 0.25) is 0 Å². The lowest BCUT2D eigenvalue weighted by molar-refractivity contribution is 0.740. The molecule has 0 saturated carbocycles. The second-order valence-electron chi connectivity index (χ2n) is 15.9. The van der Waals surface area contributed by atoms with Crippen LogP contribution in [0.25, 0.3) is 65.3 Å². The van der Waals surface area contributed by atoms with E-state index in [1.807, 2.05) is 0 Å². The fourth-order valence-corrected chi connectivity index (χ4v) is 8.94. The quantitative estimate of drug-likeness (QED) is 0.134. The SMILES string of the molecule is CCC(C)/C(=N\c1c(C)c(N(c2ccc(-c3cccc4ccccc34)cc2)c2ccc(-c3ccccc3)c3ccccc23)cc2ccccc12)c1ccc2ccccc2c1. The zero-order chi connectivity index (χ0) is 40.6. The predicted octanol–water partition coefficient (Wildman–Crippen LogP) is 16.6. The molecule has 2 heteroatoms. The van der Waals surface area contributed by atoms with Gasteiger partial charge in [-0.3, -0.25) is 4.99 Å². The first kappa shape index (κ1) is 37.0. The molecular weight excluding hydrogens is 725 g/mol. The Morgan fingerprint density at radius 2 is 1.07 bits per heavy atom. The lowest BCUT2D eigenvalue weighted by atomic mass is 9.93. The minimum Gasteiger partial charge on any atom is -0.310 e. The minimum atomic E-state index is 0.250. The summed E-state index contributed by atoms with van der Waals surface area (Å²) < 4.78 is 0. The molecule has 10 aromatic rings. The van der Waals surface area contributed by atoms with Crippen molar-refractivity contribution >= 4 is 71.6 Å². The van der Waals surface area contributed by atoms with Gasteiger partial charge in [0, 0.05) is 16.5 Å². The number of rotatable bonds is 9. The molecule has 0 bridgehead atoms. The van der Waals surface area contributed by atoms with E-state index in [1.165, 1.54) is 60.1 Å². The number of hydrogen-bond donors (Lipinski definition) is 0. The summed E-state index contributed by atoms with van der Waals surface area (Å²) in [4.78, 5) is 8.22. The molecule has 0 N–H and O–H groups in total. The molecule has 0 aromatic heterocycles. The standard InChI is InChI=1S/C58H46N2/c1-4-39(2)57(47-30-29-41-17-8-9-21-45(41)37-47)59-58-40(3)56(38-46-22-11-13-25-52(46)58)60(48-33-31-44(32-34-48)50-28-16-23-43-20-10-12-24-49(43)50)55-36-35-51(42-18-6-5-7-19-42)53-26-14-15-27-54(53)55/h5-39H,4H2,1-3H3/b59-57+. The highest BCUT2D eigenvalue weighted by atomic mass is 15.1. The molecule has 0 aliphatic rings. The normalized spacial score (nSPS) is 12.3. The van der Waals surface area contributed by atoms with Gasteiger partial charge in [0.2, 0.25) is 0 Å². The first-order valence-corrected chi connectivity index (χ1v) is 21.1. The van der Waals surface area contributed by atoms with E-state index in [0.717, 1.165) is 51.2 Å². The highest BCUT2D eigenvalue weighted by molar-refractivity contribution is 6.11. The van der Waals surface area contributed by atoms with Gasteiger partial charge >= 0.3 is 0 Å². The van der Waals surface area contributed by atoms with E-state index in [9.17, 15) is 0 Å². The summed E-state index contributed by atoms with van der Waals surface area (Å²) in [5.74, 6) is 0.250. The Kier molecular flexibility index (Phi) is 9.75. The lowest BCUT2D eigenvalue weighted by Gasteiger charge is -2.30. The summed E-state index contributed by atoms with van der Waals surface area (Å²) in [6.07, 6.45) is 0.983. The maximum absolute atomic E-state index is 5.75. The molecule has 0 fully saturated rings.